The third-order valence-corrected chi connectivity index (χ3v) is 6.17. The van der Waals surface area contributed by atoms with Gasteiger partial charge >= 0.3 is 5.69 Å². The molecule has 190 valence electrons. The number of likely N-dealkylation sites (N-methyl/N-ethyl adjacent to an activating group) is 1. The van der Waals surface area contributed by atoms with E-state index in [2.05, 4.69) is 41.6 Å². The number of nitrogens with one attached hydrogen (secondary N) is 2. The molecule has 37 heavy (non-hydrogen) atoms. The number of benzene rings is 2. The van der Waals surface area contributed by atoms with Crippen LogP contribution in [0.2, 0.25) is 0 Å². The van der Waals surface area contributed by atoms with Gasteiger partial charge in [0.15, 0.2) is 5.69 Å². The minimum Gasteiger partial charge on any atom is -0.340 e. The number of amides is 1. The van der Waals surface area contributed by atoms with Gasteiger partial charge in [0.1, 0.15) is 24.9 Å². The molecule has 0 aliphatic carbocycles. The smallest absolute Gasteiger partial charge is 0.316 e. The summed E-state index contributed by atoms with van der Waals surface area (Å²) in [5.41, 5.74) is 2.73. The lowest BCUT2D eigenvalue weighted by atomic mass is 10.2. The van der Waals surface area contributed by atoms with Crippen molar-refractivity contribution in [3.05, 3.63) is 87.4 Å². The Balaban J connectivity index is 1.43. The molecule has 2 aromatic heterocycles. The van der Waals surface area contributed by atoms with Crippen molar-refractivity contribution < 1.29 is 14.2 Å². The lowest BCUT2D eigenvalue weighted by molar-refractivity contribution is -0.898. The molecule has 0 bridgehead atoms. The lowest BCUT2D eigenvalue weighted by Crippen LogP contribution is -2.39. The number of aromatic nitrogens is 4. The Hall–Kier alpha value is -4.16. The number of aryl methyl sites for hydroxylation is 1. The summed E-state index contributed by atoms with van der Waals surface area (Å²) in [5.74, 6) is 0.335. The third kappa shape index (κ3) is 6.54. The molecule has 0 radical (unpaired) electrons. The Kier molecular flexibility index (Phi) is 7.60. The Bertz CT molecular complexity index is 1500. The Morgan fingerprint density at radius 1 is 1.19 bits per heavy atom. The molecule has 0 fully saturated rings. The number of nitrogens with zero attached hydrogens (tertiary/aromatic N) is 6. The quantitative estimate of drug-likeness (QED) is 0.132. The van der Waals surface area contributed by atoms with E-state index in [1.807, 2.05) is 50.5 Å². The van der Waals surface area contributed by atoms with Gasteiger partial charge in [-0.1, -0.05) is 22.0 Å². The largest absolute Gasteiger partial charge is 0.340 e. The second-order valence-corrected chi connectivity index (χ2v) is 10.0. The van der Waals surface area contributed by atoms with Gasteiger partial charge in [0, 0.05) is 34.4 Å². The first-order valence-corrected chi connectivity index (χ1v) is 12.1. The summed E-state index contributed by atoms with van der Waals surface area (Å²) in [7, 11) is 5.55. The van der Waals surface area contributed by atoms with Gasteiger partial charge in [-0.15, -0.1) is 0 Å². The fourth-order valence-corrected chi connectivity index (χ4v) is 4.22. The van der Waals surface area contributed by atoms with Crippen molar-refractivity contribution in [2.75, 3.05) is 31.3 Å². The maximum atomic E-state index is 12.6. The predicted molar refractivity (Wildman–Crippen MR) is 145 cm³/mol. The molecule has 11 nitrogen and oxygen atoms in total. The van der Waals surface area contributed by atoms with Crippen LogP contribution < -0.4 is 10.6 Å². The average molecular weight is 566 g/mol. The van der Waals surface area contributed by atoms with Gasteiger partial charge in [0.25, 0.3) is 0 Å². The van der Waals surface area contributed by atoms with Crippen LogP contribution in [0, 0.1) is 10.1 Å². The summed E-state index contributed by atoms with van der Waals surface area (Å²) in [5, 5.41) is 22.2. The van der Waals surface area contributed by atoms with E-state index < -0.39 is 4.92 Å². The molecule has 2 N–H and O–H groups in total. The molecule has 1 amide bonds. The molecule has 0 spiro atoms. The molecule has 12 heteroatoms. The average Bonchev–Trinajstić information content (AvgIpc) is 3.19. The van der Waals surface area contributed by atoms with Gasteiger partial charge in [0.05, 0.1) is 31.1 Å². The highest BCUT2D eigenvalue weighted by Crippen LogP contribution is 2.27. The van der Waals surface area contributed by atoms with Crippen LogP contribution in [0.1, 0.15) is 5.69 Å². The van der Waals surface area contributed by atoms with E-state index in [9.17, 15) is 14.9 Å². The van der Waals surface area contributed by atoms with Gasteiger partial charge in [-0.3, -0.25) is 19.6 Å². The third-order valence-electron chi connectivity index (χ3n) is 5.67. The molecule has 0 aliphatic heterocycles. The maximum absolute atomic E-state index is 12.6. The molecule has 0 aliphatic rings. The zero-order valence-electron chi connectivity index (χ0n) is 20.6. The summed E-state index contributed by atoms with van der Waals surface area (Å²) >= 11 is 3.46. The number of halogens is 1. The van der Waals surface area contributed by atoms with Crippen LogP contribution in [0.5, 0.6) is 0 Å². The van der Waals surface area contributed by atoms with E-state index in [-0.39, 0.29) is 11.6 Å². The fraction of sp³-hybridized carbons (Fsp3) is 0.200. The molecular formula is C25H26BrN8O3+. The van der Waals surface area contributed by atoms with E-state index in [1.54, 1.807) is 19.2 Å². The summed E-state index contributed by atoms with van der Waals surface area (Å²) in [6.45, 7) is 0.874. The highest BCUT2D eigenvalue weighted by atomic mass is 79.9. The van der Waals surface area contributed by atoms with E-state index in [1.165, 1.54) is 23.3 Å². The van der Waals surface area contributed by atoms with Crippen LogP contribution in [0.4, 0.5) is 22.9 Å². The van der Waals surface area contributed by atoms with Crippen molar-refractivity contribution in [3.63, 3.8) is 0 Å². The van der Waals surface area contributed by atoms with E-state index in [4.69, 9.17) is 0 Å². The molecule has 0 atom stereocenters. The van der Waals surface area contributed by atoms with E-state index in [0.29, 0.717) is 34.8 Å². The zero-order chi connectivity index (χ0) is 26.6. The number of quaternary nitrogens is 1. The number of hydrogen-bond acceptors (Lipinski definition) is 7. The number of rotatable bonds is 9. The number of hydrogen-bond donors (Lipinski definition) is 2. The van der Waals surface area contributed by atoms with E-state index in [0.717, 1.165) is 21.1 Å². The first-order chi connectivity index (χ1) is 17.6. The van der Waals surface area contributed by atoms with Gasteiger partial charge in [0.2, 0.25) is 5.91 Å². The number of carbonyl (C=O) groups excluding carboxylic acids is 1. The molecule has 2 aromatic carbocycles. The second kappa shape index (κ2) is 10.8. The van der Waals surface area contributed by atoms with Crippen molar-refractivity contribution in [1.29, 1.82) is 0 Å². The fourth-order valence-electron chi connectivity index (χ4n) is 3.82. The molecule has 4 rings (SSSR count). The van der Waals surface area contributed by atoms with Gasteiger partial charge in [-0.05, 0) is 42.5 Å². The minimum absolute atomic E-state index is 0.00976. The Morgan fingerprint density at radius 3 is 2.76 bits per heavy atom. The van der Waals surface area contributed by atoms with Crippen molar-refractivity contribution in [2.24, 2.45) is 7.05 Å². The zero-order valence-corrected chi connectivity index (χ0v) is 22.1. The maximum Gasteiger partial charge on any atom is 0.316 e. The van der Waals surface area contributed by atoms with Gasteiger partial charge in [-0.25, -0.2) is 9.97 Å². The lowest BCUT2D eigenvalue weighted by Gasteiger charge is -2.28. The standard InChI is InChI=1S/C25H25BrN8O3/c1-32-23(22(14-29-32)33(36)37)15-34(2,3)11-5-8-24(35)30-19-9-10-21-20(13-19)25(28-16-27-21)31-18-7-4-6-17(26)12-18/h4-10,12-14,16H,11,15H2,1-3H3,(H-,27,28,30,31,35)/p+1/b8-5+. The normalized spacial score (nSPS) is 11.7. The minimum atomic E-state index is -0.431. The number of anilines is 3. The first kappa shape index (κ1) is 25.9. The SMILES string of the molecule is Cn1ncc([N+](=O)[O-])c1C[N+](C)(C)C/C=C/C(=O)Nc1ccc2ncnc(Nc3cccc(Br)c3)c2c1. The molecular weight excluding hydrogens is 540 g/mol. The summed E-state index contributed by atoms with van der Waals surface area (Å²) in [4.78, 5) is 32.1. The number of nitro groups is 1. The Labute approximate surface area is 221 Å². The van der Waals surface area contributed by atoms with Gasteiger partial charge in [-0.2, -0.15) is 5.10 Å². The monoisotopic (exact) mass is 565 g/mol. The summed E-state index contributed by atoms with van der Waals surface area (Å²) < 4.78 is 2.86. The topological polar surface area (TPSA) is 128 Å². The number of carbonyl (C=O) groups is 1. The van der Waals surface area contributed by atoms with Crippen LogP contribution >= 0.6 is 15.9 Å². The molecule has 4 aromatic rings. The predicted octanol–water partition coefficient (Wildman–Crippen LogP) is 4.55. The molecule has 0 saturated carbocycles. The van der Waals surface area contributed by atoms with Crippen molar-refractivity contribution >= 4 is 55.6 Å². The molecule has 2 heterocycles. The Morgan fingerprint density at radius 2 is 2.00 bits per heavy atom. The van der Waals surface area contributed by atoms with Crippen LogP contribution in [0.15, 0.2) is 71.6 Å². The van der Waals surface area contributed by atoms with Crippen LogP contribution in [-0.2, 0) is 18.4 Å². The van der Waals surface area contributed by atoms with Crippen molar-refractivity contribution in [1.82, 2.24) is 19.7 Å². The summed E-state index contributed by atoms with van der Waals surface area (Å²) in [6, 6.07) is 13.2. The van der Waals surface area contributed by atoms with Crippen LogP contribution in [0.25, 0.3) is 10.9 Å². The summed E-state index contributed by atoms with van der Waals surface area (Å²) in [6.07, 6.45) is 5.96. The highest BCUT2D eigenvalue weighted by Gasteiger charge is 2.26. The number of fused-ring (bicyclic) bond motifs is 1. The molecule has 0 unspecified atom stereocenters. The van der Waals surface area contributed by atoms with Crippen molar-refractivity contribution in [3.8, 4) is 0 Å². The van der Waals surface area contributed by atoms with Crippen LogP contribution in [0.3, 0.4) is 0 Å². The van der Waals surface area contributed by atoms with Crippen LogP contribution in [-0.4, -0.2) is 55.7 Å². The molecule has 0 saturated heterocycles. The van der Waals surface area contributed by atoms with E-state index >= 15 is 0 Å². The highest BCUT2D eigenvalue weighted by molar-refractivity contribution is 9.10. The van der Waals surface area contributed by atoms with Gasteiger partial charge < -0.3 is 15.1 Å². The first-order valence-electron chi connectivity index (χ1n) is 11.3. The van der Waals surface area contributed by atoms with Crippen molar-refractivity contribution in [2.45, 2.75) is 6.54 Å². The second-order valence-electron chi connectivity index (χ2n) is 9.11.